The molecule has 0 saturated heterocycles. The van der Waals surface area contributed by atoms with E-state index in [9.17, 15) is 4.79 Å². The lowest BCUT2D eigenvalue weighted by Crippen LogP contribution is -2.34. The molecule has 2 heterocycles. The molecule has 0 radical (unpaired) electrons. The van der Waals surface area contributed by atoms with Crippen LogP contribution in [-0.4, -0.2) is 32.6 Å². The molecule has 0 unspecified atom stereocenters. The van der Waals surface area contributed by atoms with E-state index in [1.54, 1.807) is 6.20 Å². The third-order valence-electron chi connectivity index (χ3n) is 3.44. The van der Waals surface area contributed by atoms with E-state index in [0.29, 0.717) is 12.1 Å². The summed E-state index contributed by atoms with van der Waals surface area (Å²) in [4.78, 5) is 22.6. The molecule has 1 saturated carbocycles. The van der Waals surface area contributed by atoms with Gasteiger partial charge in [-0.15, -0.1) is 0 Å². The van der Waals surface area contributed by atoms with Gasteiger partial charge >= 0.3 is 0 Å². The number of fused-ring (bicyclic) bond motifs is 1. The van der Waals surface area contributed by atoms with Crippen LogP contribution in [0.2, 0.25) is 0 Å². The molecular weight excluding hydrogens is 222 g/mol. The van der Waals surface area contributed by atoms with Crippen molar-refractivity contribution in [3.8, 4) is 0 Å². The summed E-state index contributed by atoms with van der Waals surface area (Å²) in [5.41, 5.74) is 1.65. The average molecular weight is 235 g/mol. The van der Waals surface area contributed by atoms with Crippen LogP contribution in [-0.2, 0) is 6.54 Å². The molecule has 0 atom stereocenters. The zero-order chi connectivity index (χ0) is 11.3. The fraction of sp³-hybridized carbons (Fsp3) is 0.545. The predicted molar refractivity (Wildman–Crippen MR) is 61.3 cm³/mol. The van der Waals surface area contributed by atoms with Crippen LogP contribution in [0.15, 0.2) is 11.4 Å². The Morgan fingerprint density at radius 2 is 2.25 bits per heavy atom. The molecule has 1 aromatic heterocycles. The summed E-state index contributed by atoms with van der Waals surface area (Å²) in [6, 6.07) is 0. The monoisotopic (exact) mass is 235 g/mol. The van der Waals surface area contributed by atoms with Gasteiger partial charge in [0.2, 0.25) is 0 Å². The molecular formula is C11H13N3OS. The Balaban J connectivity index is 1.97. The number of thioether (sulfide) groups is 1. The molecule has 1 aliphatic carbocycles. The number of nitrogens with zero attached hydrogens (tertiary/aromatic N) is 3. The highest BCUT2D eigenvalue weighted by atomic mass is 32.2. The Morgan fingerprint density at radius 3 is 2.88 bits per heavy atom. The van der Waals surface area contributed by atoms with Gasteiger partial charge in [0.05, 0.1) is 17.8 Å². The third kappa shape index (κ3) is 1.34. The molecule has 0 bridgehead atoms. The van der Waals surface area contributed by atoms with Crippen LogP contribution in [0.5, 0.6) is 0 Å². The number of hydrogen-bond acceptors (Lipinski definition) is 4. The van der Waals surface area contributed by atoms with Gasteiger partial charge in [-0.25, -0.2) is 9.97 Å². The van der Waals surface area contributed by atoms with Crippen LogP contribution in [0.25, 0.3) is 0 Å². The van der Waals surface area contributed by atoms with Crippen LogP contribution in [0.3, 0.4) is 0 Å². The average Bonchev–Trinajstić information content (AvgIpc) is 2.95. The Morgan fingerprint density at radius 1 is 1.50 bits per heavy atom. The van der Waals surface area contributed by atoms with Gasteiger partial charge in [0.15, 0.2) is 5.16 Å². The van der Waals surface area contributed by atoms with Crippen molar-refractivity contribution in [2.75, 3.05) is 6.26 Å². The summed E-state index contributed by atoms with van der Waals surface area (Å²) >= 11 is 1.51. The Hall–Kier alpha value is -1.10. The van der Waals surface area contributed by atoms with E-state index in [0.717, 1.165) is 23.7 Å². The number of amides is 1. The normalized spacial score (nSPS) is 21.1. The molecule has 16 heavy (non-hydrogen) atoms. The molecule has 0 N–H and O–H groups in total. The summed E-state index contributed by atoms with van der Waals surface area (Å²) in [6.45, 7) is 2.79. The first-order valence-electron chi connectivity index (χ1n) is 5.36. The lowest BCUT2D eigenvalue weighted by molar-refractivity contribution is 0.0692. The molecule has 5 heteroatoms. The van der Waals surface area contributed by atoms with Crippen LogP contribution in [0, 0.1) is 0 Å². The van der Waals surface area contributed by atoms with Gasteiger partial charge in [-0.3, -0.25) is 4.79 Å². The zero-order valence-electron chi connectivity index (χ0n) is 9.36. The van der Waals surface area contributed by atoms with E-state index in [1.807, 2.05) is 11.2 Å². The van der Waals surface area contributed by atoms with Crippen LogP contribution in [0.4, 0.5) is 0 Å². The van der Waals surface area contributed by atoms with Crippen LogP contribution >= 0.6 is 11.8 Å². The SMILES string of the molecule is CSc1ncc2c(n1)CN(C1(C)CC1)C2=O. The Bertz CT molecular complexity index is 470. The molecule has 1 amide bonds. The summed E-state index contributed by atoms with van der Waals surface area (Å²) in [6.07, 6.45) is 5.83. The number of hydrogen-bond donors (Lipinski definition) is 0. The second-order valence-electron chi connectivity index (χ2n) is 4.61. The molecule has 1 aliphatic heterocycles. The van der Waals surface area contributed by atoms with Crippen molar-refractivity contribution in [1.29, 1.82) is 0 Å². The maximum atomic E-state index is 12.1. The van der Waals surface area contributed by atoms with Gasteiger partial charge in [0.1, 0.15) is 0 Å². The van der Waals surface area contributed by atoms with Gasteiger partial charge in [-0.05, 0) is 26.0 Å². The molecule has 1 fully saturated rings. The van der Waals surface area contributed by atoms with Crippen LogP contribution in [0.1, 0.15) is 35.8 Å². The highest BCUT2D eigenvalue weighted by Crippen LogP contribution is 2.44. The maximum absolute atomic E-state index is 12.1. The van der Waals surface area contributed by atoms with Gasteiger partial charge < -0.3 is 4.90 Å². The van der Waals surface area contributed by atoms with E-state index in [-0.39, 0.29) is 11.4 Å². The summed E-state index contributed by atoms with van der Waals surface area (Å²) in [5.74, 6) is 0.0997. The predicted octanol–water partition coefficient (Wildman–Crippen LogP) is 1.71. The molecule has 3 rings (SSSR count). The smallest absolute Gasteiger partial charge is 0.258 e. The molecule has 2 aliphatic rings. The number of rotatable bonds is 2. The van der Waals surface area contributed by atoms with Gasteiger partial charge in [-0.1, -0.05) is 11.8 Å². The van der Waals surface area contributed by atoms with Crippen molar-refractivity contribution in [1.82, 2.24) is 14.9 Å². The number of carbonyl (C=O) groups is 1. The first-order chi connectivity index (χ1) is 7.64. The van der Waals surface area contributed by atoms with E-state index in [2.05, 4.69) is 16.9 Å². The fourth-order valence-electron chi connectivity index (χ4n) is 2.05. The van der Waals surface area contributed by atoms with Crippen molar-refractivity contribution in [2.24, 2.45) is 0 Å². The van der Waals surface area contributed by atoms with Gasteiger partial charge in [0, 0.05) is 11.7 Å². The molecule has 0 aromatic carbocycles. The topological polar surface area (TPSA) is 46.1 Å². The van der Waals surface area contributed by atoms with Crippen molar-refractivity contribution in [3.63, 3.8) is 0 Å². The third-order valence-corrected chi connectivity index (χ3v) is 4.00. The van der Waals surface area contributed by atoms with Crippen molar-refractivity contribution < 1.29 is 4.79 Å². The molecule has 1 aromatic rings. The minimum Gasteiger partial charge on any atom is -0.327 e. The minimum atomic E-state index is 0.0807. The van der Waals surface area contributed by atoms with Crippen LogP contribution < -0.4 is 0 Å². The summed E-state index contributed by atoms with van der Waals surface area (Å²) in [7, 11) is 0. The highest BCUT2D eigenvalue weighted by molar-refractivity contribution is 7.98. The fourth-order valence-corrected chi connectivity index (χ4v) is 2.41. The lowest BCUT2D eigenvalue weighted by Gasteiger charge is -2.22. The lowest BCUT2D eigenvalue weighted by atomic mass is 10.2. The van der Waals surface area contributed by atoms with E-state index in [1.165, 1.54) is 11.8 Å². The zero-order valence-corrected chi connectivity index (χ0v) is 10.2. The standard InChI is InChI=1S/C11H13N3OS/c1-11(3-4-11)14-6-8-7(9(14)15)5-12-10(13-8)16-2/h5H,3-4,6H2,1-2H3. The number of carbonyl (C=O) groups excluding carboxylic acids is 1. The Labute approximate surface area is 98.5 Å². The molecule has 0 spiro atoms. The minimum absolute atomic E-state index is 0.0807. The van der Waals surface area contributed by atoms with Crippen molar-refractivity contribution in [2.45, 2.75) is 37.0 Å². The summed E-state index contributed by atoms with van der Waals surface area (Å²) in [5, 5.41) is 0.745. The second kappa shape index (κ2) is 3.20. The van der Waals surface area contributed by atoms with E-state index >= 15 is 0 Å². The Kier molecular flexibility index (Phi) is 2.01. The molecule has 4 nitrogen and oxygen atoms in total. The largest absolute Gasteiger partial charge is 0.327 e. The van der Waals surface area contributed by atoms with E-state index in [4.69, 9.17) is 0 Å². The number of aromatic nitrogens is 2. The molecule has 84 valence electrons. The quantitative estimate of drug-likeness (QED) is 0.578. The maximum Gasteiger partial charge on any atom is 0.258 e. The summed E-state index contributed by atoms with van der Waals surface area (Å²) < 4.78 is 0. The van der Waals surface area contributed by atoms with E-state index < -0.39 is 0 Å². The van der Waals surface area contributed by atoms with Gasteiger partial charge in [-0.2, -0.15) is 0 Å². The highest BCUT2D eigenvalue weighted by Gasteiger charge is 2.49. The first kappa shape index (κ1) is 10.1. The van der Waals surface area contributed by atoms with Crippen molar-refractivity contribution in [3.05, 3.63) is 17.5 Å². The van der Waals surface area contributed by atoms with Gasteiger partial charge in [0.25, 0.3) is 5.91 Å². The van der Waals surface area contributed by atoms with Crippen molar-refractivity contribution >= 4 is 17.7 Å². The first-order valence-corrected chi connectivity index (χ1v) is 6.58. The second-order valence-corrected chi connectivity index (χ2v) is 5.38.